The van der Waals surface area contributed by atoms with Crippen LogP contribution < -0.4 is 5.73 Å². The minimum atomic E-state index is -0.485. The van der Waals surface area contributed by atoms with Crippen molar-refractivity contribution in [3.05, 3.63) is 29.6 Å². The van der Waals surface area contributed by atoms with Crippen LogP contribution in [0.2, 0.25) is 0 Å². The van der Waals surface area contributed by atoms with E-state index in [9.17, 15) is 9.18 Å². The number of nitrogens with zero attached hydrogens (tertiary/aromatic N) is 2. The molecule has 0 atom stereocenters. The van der Waals surface area contributed by atoms with E-state index in [0.29, 0.717) is 44.0 Å². The SMILES string of the molecule is CC(C)(C)OC(=O)N1CCN(Cc2ccc(N)cc2F)CC1. The molecule has 0 bridgehead atoms. The van der Waals surface area contributed by atoms with Crippen molar-refractivity contribution in [1.29, 1.82) is 0 Å². The molecule has 1 aromatic carbocycles. The van der Waals surface area contributed by atoms with E-state index >= 15 is 0 Å². The highest BCUT2D eigenvalue weighted by Crippen LogP contribution is 2.16. The molecule has 0 spiro atoms. The van der Waals surface area contributed by atoms with Gasteiger partial charge in [0.15, 0.2) is 0 Å². The number of rotatable bonds is 2. The third kappa shape index (κ3) is 4.59. The summed E-state index contributed by atoms with van der Waals surface area (Å²) in [5.41, 5.74) is 6.12. The molecule has 2 rings (SSSR count). The molecule has 2 N–H and O–H groups in total. The number of carbonyl (C=O) groups excluding carboxylic acids is 1. The fourth-order valence-electron chi connectivity index (χ4n) is 2.35. The number of piperazine rings is 1. The molecule has 1 amide bonds. The fraction of sp³-hybridized carbons (Fsp3) is 0.562. The summed E-state index contributed by atoms with van der Waals surface area (Å²) in [4.78, 5) is 15.8. The van der Waals surface area contributed by atoms with Gasteiger partial charge in [0.2, 0.25) is 0 Å². The van der Waals surface area contributed by atoms with Gasteiger partial charge < -0.3 is 15.4 Å². The maximum absolute atomic E-state index is 13.8. The molecule has 0 radical (unpaired) electrons. The van der Waals surface area contributed by atoms with Crippen LogP contribution in [0.4, 0.5) is 14.9 Å². The highest BCUT2D eigenvalue weighted by Gasteiger charge is 2.26. The minimum Gasteiger partial charge on any atom is -0.444 e. The number of amides is 1. The van der Waals surface area contributed by atoms with Crippen LogP contribution in [0.1, 0.15) is 26.3 Å². The van der Waals surface area contributed by atoms with Crippen molar-refractivity contribution in [2.45, 2.75) is 32.9 Å². The monoisotopic (exact) mass is 309 g/mol. The smallest absolute Gasteiger partial charge is 0.410 e. The Balaban J connectivity index is 1.86. The number of nitrogens with two attached hydrogens (primary N) is 1. The van der Waals surface area contributed by atoms with E-state index in [2.05, 4.69) is 4.90 Å². The quantitative estimate of drug-likeness (QED) is 0.853. The molecule has 22 heavy (non-hydrogen) atoms. The molecule has 1 heterocycles. The van der Waals surface area contributed by atoms with E-state index in [1.807, 2.05) is 20.8 Å². The van der Waals surface area contributed by atoms with Gasteiger partial charge in [-0.15, -0.1) is 0 Å². The van der Waals surface area contributed by atoms with Gasteiger partial charge in [-0.25, -0.2) is 9.18 Å². The maximum Gasteiger partial charge on any atom is 0.410 e. The van der Waals surface area contributed by atoms with Gasteiger partial charge in [0.05, 0.1) is 0 Å². The van der Waals surface area contributed by atoms with E-state index in [1.54, 1.807) is 17.0 Å². The van der Waals surface area contributed by atoms with E-state index < -0.39 is 5.60 Å². The zero-order chi connectivity index (χ0) is 16.3. The Kier molecular flexibility index (Phi) is 4.90. The van der Waals surface area contributed by atoms with Crippen molar-refractivity contribution >= 4 is 11.8 Å². The predicted octanol–water partition coefficient (Wildman–Crippen LogP) is 2.46. The summed E-state index contributed by atoms with van der Waals surface area (Å²) in [5.74, 6) is -0.283. The lowest BCUT2D eigenvalue weighted by Gasteiger charge is -2.35. The predicted molar refractivity (Wildman–Crippen MR) is 83.9 cm³/mol. The first-order valence-corrected chi connectivity index (χ1v) is 7.49. The number of hydrogen-bond donors (Lipinski definition) is 1. The van der Waals surface area contributed by atoms with Crippen LogP contribution in [0.25, 0.3) is 0 Å². The third-order valence-corrected chi connectivity index (χ3v) is 3.50. The Morgan fingerprint density at radius 1 is 1.27 bits per heavy atom. The zero-order valence-electron chi connectivity index (χ0n) is 13.4. The third-order valence-electron chi connectivity index (χ3n) is 3.50. The van der Waals surface area contributed by atoms with E-state index in [0.717, 1.165) is 0 Å². The van der Waals surface area contributed by atoms with Crippen molar-refractivity contribution in [1.82, 2.24) is 9.80 Å². The summed E-state index contributed by atoms with van der Waals surface area (Å²) >= 11 is 0. The summed E-state index contributed by atoms with van der Waals surface area (Å²) in [6, 6.07) is 4.76. The van der Waals surface area contributed by atoms with Gasteiger partial charge in [-0.2, -0.15) is 0 Å². The molecule has 0 aliphatic carbocycles. The van der Waals surface area contributed by atoms with Gasteiger partial charge in [0.25, 0.3) is 0 Å². The van der Waals surface area contributed by atoms with Crippen LogP contribution >= 0.6 is 0 Å². The lowest BCUT2D eigenvalue weighted by atomic mass is 10.1. The molecular weight excluding hydrogens is 285 g/mol. The van der Waals surface area contributed by atoms with Gasteiger partial charge in [-0.05, 0) is 32.9 Å². The Labute approximate surface area is 130 Å². The van der Waals surface area contributed by atoms with Gasteiger partial charge in [-0.3, -0.25) is 4.90 Å². The molecule has 1 fully saturated rings. The van der Waals surface area contributed by atoms with Crippen LogP contribution in [-0.4, -0.2) is 47.7 Å². The van der Waals surface area contributed by atoms with Crippen molar-refractivity contribution in [2.75, 3.05) is 31.9 Å². The van der Waals surface area contributed by atoms with Crippen LogP contribution in [0.5, 0.6) is 0 Å². The highest BCUT2D eigenvalue weighted by atomic mass is 19.1. The molecular formula is C16H24FN3O2. The minimum absolute atomic E-state index is 0.283. The van der Waals surface area contributed by atoms with Crippen molar-refractivity contribution in [3.8, 4) is 0 Å². The first-order chi connectivity index (χ1) is 10.2. The van der Waals surface area contributed by atoms with Crippen LogP contribution in [0, 0.1) is 5.82 Å². The van der Waals surface area contributed by atoms with Gasteiger partial charge in [-0.1, -0.05) is 6.07 Å². The fourth-order valence-corrected chi connectivity index (χ4v) is 2.35. The molecule has 5 nitrogen and oxygen atoms in total. The Bertz CT molecular complexity index is 535. The first-order valence-electron chi connectivity index (χ1n) is 7.49. The second-order valence-corrected chi connectivity index (χ2v) is 6.59. The molecule has 1 aliphatic rings. The van der Waals surface area contributed by atoms with Crippen LogP contribution in [-0.2, 0) is 11.3 Å². The molecule has 0 aromatic heterocycles. The normalized spacial score (nSPS) is 16.6. The second-order valence-electron chi connectivity index (χ2n) is 6.59. The number of anilines is 1. The lowest BCUT2D eigenvalue weighted by molar-refractivity contribution is 0.0138. The average molecular weight is 309 g/mol. The topological polar surface area (TPSA) is 58.8 Å². The van der Waals surface area contributed by atoms with Gasteiger partial charge in [0.1, 0.15) is 11.4 Å². The number of halogens is 1. The second kappa shape index (κ2) is 6.52. The summed E-state index contributed by atoms with van der Waals surface area (Å²) in [6.45, 7) is 8.65. The molecule has 122 valence electrons. The van der Waals surface area contributed by atoms with E-state index in [-0.39, 0.29) is 11.9 Å². The molecule has 6 heteroatoms. The molecule has 0 saturated carbocycles. The summed E-state index contributed by atoms with van der Waals surface area (Å²) in [7, 11) is 0. The van der Waals surface area contributed by atoms with Crippen molar-refractivity contribution in [2.24, 2.45) is 0 Å². The van der Waals surface area contributed by atoms with E-state index in [1.165, 1.54) is 6.07 Å². The summed E-state index contributed by atoms with van der Waals surface area (Å²) < 4.78 is 19.2. The number of nitrogen functional groups attached to an aromatic ring is 1. The Hall–Kier alpha value is -1.82. The summed E-state index contributed by atoms with van der Waals surface area (Å²) in [6.07, 6.45) is -0.286. The number of carbonyl (C=O) groups is 1. The number of hydrogen-bond acceptors (Lipinski definition) is 4. The largest absolute Gasteiger partial charge is 0.444 e. The van der Waals surface area contributed by atoms with Crippen molar-refractivity contribution < 1.29 is 13.9 Å². The summed E-state index contributed by atoms with van der Waals surface area (Å²) in [5, 5.41) is 0. The lowest BCUT2D eigenvalue weighted by Crippen LogP contribution is -2.49. The standard InChI is InChI=1S/C16H24FN3O2/c1-16(2,3)22-15(21)20-8-6-19(7-9-20)11-12-4-5-13(18)10-14(12)17/h4-5,10H,6-9,11,18H2,1-3H3. The Morgan fingerprint density at radius 3 is 2.45 bits per heavy atom. The van der Waals surface area contributed by atoms with Crippen LogP contribution in [0.3, 0.4) is 0 Å². The molecule has 0 unspecified atom stereocenters. The van der Waals surface area contributed by atoms with Gasteiger partial charge >= 0.3 is 6.09 Å². The Morgan fingerprint density at radius 2 is 1.91 bits per heavy atom. The maximum atomic E-state index is 13.8. The molecule has 1 aromatic rings. The van der Waals surface area contributed by atoms with Gasteiger partial charge in [0, 0.05) is 44.0 Å². The number of benzene rings is 1. The average Bonchev–Trinajstić information content (AvgIpc) is 2.41. The number of ether oxygens (including phenoxy) is 1. The zero-order valence-corrected chi connectivity index (χ0v) is 13.4. The first kappa shape index (κ1) is 16.5. The molecule has 1 aliphatic heterocycles. The highest BCUT2D eigenvalue weighted by molar-refractivity contribution is 5.68. The molecule has 1 saturated heterocycles. The van der Waals surface area contributed by atoms with Crippen LogP contribution in [0.15, 0.2) is 18.2 Å². The van der Waals surface area contributed by atoms with Crippen molar-refractivity contribution in [3.63, 3.8) is 0 Å². The van der Waals surface area contributed by atoms with E-state index in [4.69, 9.17) is 10.5 Å².